The van der Waals surface area contributed by atoms with E-state index in [-0.39, 0.29) is 15.7 Å². The first-order chi connectivity index (χ1) is 18.1. The molecule has 2 aromatic heterocycles. The minimum Gasteiger partial charge on any atom is -0.379 e. The van der Waals surface area contributed by atoms with Crippen LogP contribution in [-0.2, 0) is 29.7 Å². The predicted octanol–water partition coefficient (Wildman–Crippen LogP) is 1.46. The molecule has 1 amide bonds. The second kappa shape index (κ2) is 11.4. The topological polar surface area (TPSA) is 104 Å². The third-order valence-electron chi connectivity index (χ3n) is 6.17. The number of benzene rings is 1. The lowest BCUT2D eigenvalue weighted by Gasteiger charge is -2.26. The Balaban J connectivity index is 1.66. The van der Waals surface area contributed by atoms with Gasteiger partial charge in [-0.2, -0.15) is 18.4 Å². The summed E-state index contributed by atoms with van der Waals surface area (Å²) in [5, 5.41) is 15.4. The smallest absolute Gasteiger partial charge is 0.379 e. The Morgan fingerprint density at radius 2 is 2.03 bits per heavy atom. The molecule has 0 atom stereocenters. The van der Waals surface area contributed by atoms with Crippen LogP contribution in [0.15, 0.2) is 29.2 Å². The number of nitrogens with zero attached hydrogens (tertiary/aromatic N) is 4. The molecule has 202 valence electrons. The molecular formula is C25H27F3N6O3S. The van der Waals surface area contributed by atoms with Gasteiger partial charge in [0.05, 0.1) is 13.2 Å². The zero-order valence-electron chi connectivity index (χ0n) is 20.9. The molecule has 4 rings (SSSR count). The molecule has 3 heterocycles. The van der Waals surface area contributed by atoms with Gasteiger partial charge in [0.2, 0.25) is 0 Å². The summed E-state index contributed by atoms with van der Waals surface area (Å²) in [7, 11) is 1.99. The minimum atomic E-state index is -4.62. The Labute approximate surface area is 220 Å². The van der Waals surface area contributed by atoms with Crippen molar-refractivity contribution in [2.24, 2.45) is 7.05 Å². The van der Waals surface area contributed by atoms with Crippen LogP contribution in [-0.4, -0.2) is 59.0 Å². The van der Waals surface area contributed by atoms with Crippen molar-refractivity contribution in [3.05, 3.63) is 49.5 Å². The fourth-order valence-electron chi connectivity index (χ4n) is 4.30. The van der Waals surface area contributed by atoms with E-state index in [0.29, 0.717) is 13.2 Å². The summed E-state index contributed by atoms with van der Waals surface area (Å²) < 4.78 is 46.5. The number of alkyl halides is 3. The highest BCUT2D eigenvalue weighted by Crippen LogP contribution is 2.26. The standard InChI is InChI=1S/C25H27F3N6O3S/c1-3-34-23(36)21(38-24(34)19(11-29)22(35)31-15-25(26,27)28)12-30-17-4-5-20-18(10-17)16(13-32(20)2)14-33-6-8-37-9-7-33/h4-5,10,12-13,30H,3,6-9,14-15H2,1-2H3,(H,31,35)/b21-12-,24-19+. The first kappa shape index (κ1) is 27.4. The predicted molar refractivity (Wildman–Crippen MR) is 139 cm³/mol. The van der Waals surface area contributed by atoms with E-state index in [0.717, 1.165) is 53.1 Å². The zero-order chi connectivity index (χ0) is 27.4. The van der Waals surface area contributed by atoms with Crippen molar-refractivity contribution >= 4 is 45.6 Å². The summed E-state index contributed by atoms with van der Waals surface area (Å²) in [5.41, 5.74) is 1.96. The van der Waals surface area contributed by atoms with Crippen molar-refractivity contribution in [3.8, 4) is 6.07 Å². The van der Waals surface area contributed by atoms with E-state index in [1.165, 1.54) is 10.8 Å². The van der Waals surface area contributed by atoms with Crippen molar-refractivity contribution in [3.63, 3.8) is 0 Å². The van der Waals surface area contributed by atoms with Crippen LogP contribution in [0.1, 0.15) is 12.5 Å². The summed E-state index contributed by atoms with van der Waals surface area (Å²) in [6.07, 6.45) is -1.04. The molecule has 1 fully saturated rings. The number of halogens is 3. The van der Waals surface area contributed by atoms with Gasteiger partial charge in [-0.05, 0) is 30.7 Å². The van der Waals surface area contributed by atoms with E-state index in [4.69, 9.17) is 4.74 Å². The monoisotopic (exact) mass is 548 g/mol. The molecule has 2 N–H and O–H groups in total. The van der Waals surface area contributed by atoms with E-state index >= 15 is 0 Å². The van der Waals surface area contributed by atoms with Gasteiger partial charge < -0.3 is 19.9 Å². The van der Waals surface area contributed by atoms with Gasteiger partial charge in [0.15, 0.2) is 5.57 Å². The van der Waals surface area contributed by atoms with Crippen LogP contribution >= 0.6 is 11.3 Å². The maximum Gasteiger partial charge on any atom is 0.405 e. The summed E-state index contributed by atoms with van der Waals surface area (Å²) >= 11 is 0.867. The van der Waals surface area contributed by atoms with E-state index in [1.54, 1.807) is 18.3 Å². The lowest BCUT2D eigenvalue weighted by Crippen LogP contribution is -2.37. The Bertz CT molecular complexity index is 1560. The molecule has 0 saturated carbocycles. The van der Waals surface area contributed by atoms with Crippen LogP contribution in [0.4, 0.5) is 18.9 Å². The highest BCUT2D eigenvalue weighted by atomic mass is 32.1. The number of aromatic nitrogens is 2. The molecule has 0 unspecified atom stereocenters. The first-order valence-electron chi connectivity index (χ1n) is 11.9. The average molecular weight is 549 g/mol. The van der Waals surface area contributed by atoms with Gasteiger partial charge in [-0.3, -0.25) is 19.1 Å². The Kier molecular flexibility index (Phi) is 8.25. The number of nitriles is 1. The van der Waals surface area contributed by atoms with Crippen molar-refractivity contribution in [2.75, 3.05) is 38.2 Å². The van der Waals surface area contributed by atoms with Crippen molar-refractivity contribution in [1.29, 1.82) is 5.26 Å². The van der Waals surface area contributed by atoms with Gasteiger partial charge in [0, 0.05) is 62.2 Å². The van der Waals surface area contributed by atoms with E-state index in [9.17, 15) is 28.0 Å². The summed E-state index contributed by atoms with van der Waals surface area (Å²) in [5.74, 6) is -1.19. The number of rotatable bonds is 7. The third kappa shape index (κ3) is 6.09. The molecule has 38 heavy (non-hydrogen) atoms. The van der Waals surface area contributed by atoms with E-state index in [2.05, 4.69) is 21.0 Å². The molecule has 9 nitrogen and oxygen atoms in total. The van der Waals surface area contributed by atoms with Gasteiger partial charge >= 0.3 is 6.18 Å². The maximum absolute atomic E-state index is 12.9. The number of thiazole rings is 1. The quantitative estimate of drug-likeness (QED) is 0.464. The number of morpholine rings is 1. The molecule has 0 aliphatic carbocycles. The van der Waals surface area contributed by atoms with Gasteiger partial charge in [-0.15, -0.1) is 11.3 Å². The van der Waals surface area contributed by atoms with Crippen molar-refractivity contribution < 1.29 is 22.7 Å². The maximum atomic E-state index is 12.9. The highest BCUT2D eigenvalue weighted by molar-refractivity contribution is 7.07. The van der Waals surface area contributed by atoms with Crippen LogP contribution in [0.25, 0.3) is 22.7 Å². The molecular weight excluding hydrogens is 521 g/mol. The third-order valence-corrected chi connectivity index (χ3v) is 7.30. The van der Waals surface area contributed by atoms with Gasteiger partial charge in [-0.1, -0.05) is 0 Å². The summed E-state index contributed by atoms with van der Waals surface area (Å²) in [6.45, 7) is 4.14. The SMILES string of the molecule is CCn1c(=O)/c(=C/Nc2ccc3c(c2)c(CN2CCOCC2)cn3C)s/c1=C(\C#N)C(=O)NCC(F)(F)F. The fraction of sp³-hybridized carbons (Fsp3) is 0.400. The molecule has 0 spiro atoms. The van der Waals surface area contributed by atoms with Crippen LogP contribution in [0.2, 0.25) is 0 Å². The number of amides is 1. The normalized spacial score (nSPS) is 15.9. The number of hydrogen-bond donors (Lipinski definition) is 2. The first-order valence-corrected chi connectivity index (χ1v) is 12.8. The van der Waals surface area contributed by atoms with Crippen molar-refractivity contribution in [1.82, 2.24) is 19.4 Å². The number of anilines is 1. The minimum absolute atomic E-state index is 0.000895. The lowest BCUT2D eigenvalue weighted by atomic mass is 10.1. The Hall–Kier alpha value is -3.60. The lowest BCUT2D eigenvalue weighted by molar-refractivity contribution is -0.135. The number of carbonyl (C=O) groups excluding carboxylic acids is 1. The second-order valence-corrected chi connectivity index (χ2v) is 9.81. The Morgan fingerprint density at radius 3 is 2.68 bits per heavy atom. The molecule has 1 aromatic carbocycles. The van der Waals surface area contributed by atoms with Crippen LogP contribution in [0.3, 0.4) is 0 Å². The molecule has 13 heteroatoms. The average Bonchev–Trinajstić information content (AvgIpc) is 3.37. The van der Waals surface area contributed by atoms with Gasteiger partial charge in [-0.25, -0.2) is 0 Å². The number of nitrogens with one attached hydrogen (secondary N) is 2. The summed E-state index contributed by atoms with van der Waals surface area (Å²) in [6, 6.07) is 7.49. The number of ether oxygens (including phenoxy) is 1. The Morgan fingerprint density at radius 1 is 1.29 bits per heavy atom. The fourth-order valence-corrected chi connectivity index (χ4v) is 5.38. The van der Waals surface area contributed by atoms with Gasteiger partial charge in [0.1, 0.15) is 21.8 Å². The number of hydrogen-bond acceptors (Lipinski definition) is 7. The van der Waals surface area contributed by atoms with E-state index in [1.807, 2.05) is 25.2 Å². The van der Waals surface area contributed by atoms with E-state index < -0.39 is 29.8 Å². The molecule has 1 aliphatic heterocycles. The molecule has 0 radical (unpaired) electrons. The number of fused-ring (bicyclic) bond motifs is 1. The van der Waals surface area contributed by atoms with Crippen LogP contribution < -0.4 is 25.4 Å². The largest absolute Gasteiger partial charge is 0.405 e. The van der Waals surface area contributed by atoms with Crippen LogP contribution in [0, 0.1) is 11.3 Å². The van der Waals surface area contributed by atoms with Crippen LogP contribution in [0.5, 0.6) is 0 Å². The second-order valence-electron chi connectivity index (χ2n) is 8.78. The van der Waals surface area contributed by atoms with Crippen molar-refractivity contribution in [2.45, 2.75) is 26.2 Å². The van der Waals surface area contributed by atoms with Gasteiger partial charge in [0.25, 0.3) is 11.5 Å². The number of carbonyl (C=O) groups is 1. The molecule has 0 bridgehead atoms. The zero-order valence-corrected chi connectivity index (χ0v) is 21.7. The number of aryl methyl sites for hydroxylation is 1. The molecule has 1 aliphatic rings. The molecule has 3 aromatic rings. The summed E-state index contributed by atoms with van der Waals surface area (Å²) in [4.78, 5) is 27.5. The highest BCUT2D eigenvalue weighted by Gasteiger charge is 2.29. The molecule has 1 saturated heterocycles.